The summed E-state index contributed by atoms with van der Waals surface area (Å²) in [4.78, 5) is 21.1. The number of halogens is 7. The molecule has 0 bridgehead atoms. The Kier molecular flexibility index (Phi) is 20.1. The number of alkyl halides is 7. The lowest BCUT2D eigenvalue weighted by molar-refractivity contribution is -0.204. The van der Waals surface area contributed by atoms with Gasteiger partial charge in [0.05, 0.1) is 49.0 Å². The van der Waals surface area contributed by atoms with Crippen LogP contribution in [0.2, 0.25) is 0 Å². The van der Waals surface area contributed by atoms with Gasteiger partial charge in [-0.25, -0.2) is 29.6 Å². The van der Waals surface area contributed by atoms with E-state index in [9.17, 15) is 79.2 Å². The first kappa shape index (κ1) is 47.9. The molecule has 2 fully saturated rings. The molecule has 22 heteroatoms. The molecule has 12 nitrogen and oxygen atoms in total. The summed E-state index contributed by atoms with van der Waals surface area (Å²) in [7, 11) is -14.5. The van der Waals surface area contributed by atoms with Gasteiger partial charge >= 0.3 is 18.3 Å². The molecular weight excluding hydrogens is 673 g/mol. The maximum atomic E-state index is 12.8. The first-order valence-corrected chi connectivity index (χ1v) is 15.5. The van der Waals surface area contributed by atoms with Crippen molar-refractivity contribution in [2.24, 2.45) is 11.8 Å². The molecule has 256 valence electrons. The summed E-state index contributed by atoms with van der Waals surface area (Å²) in [5.41, 5.74) is 0. The summed E-state index contributed by atoms with van der Waals surface area (Å²) in [6, 6.07) is 0. The minimum absolute atomic E-state index is 0. The van der Waals surface area contributed by atoms with Gasteiger partial charge in [-0.15, -0.1) is 0 Å². The van der Waals surface area contributed by atoms with Crippen LogP contribution in [0.4, 0.5) is 30.7 Å². The molecule has 5 unspecified atom stereocenters. The quantitative estimate of drug-likeness (QED) is 0.169. The summed E-state index contributed by atoms with van der Waals surface area (Å²) < 4.78 is 183. The molecule has 0 aromatic carbocycles. The van der Waals surface area contributed by atoms with Gasteiger partial charge in [0.25, 0.3) is 0 Å². The predicted octanol–water partition coefficient (Wildman–Crippen LogP) is 2.88. The van der Waals surface area contributed by atoms with Crippen LogP contribution in [0.3, 0.4) is 0 Å². The lowest BCUT2D eigenvalue weighted by Gasteiger charge is -2.32. The first-order valence-electron chi connectivity index (χ1n) is 10.9. The van der Waals surface area contributed by atoms with E-state index >= 15 is 0 Å². The highest BCUT2D eigenvalue weighted by molar-refractivity contribution is 7.86. The second-order valence-electron chi connectivity index (χ2n) is 8.71. The highest BCUT2D eigenvalue weighted by atomic mass is 32.2. The van der Waals surface area contributed by atoms with E-state index in [-0.39, 0.29) is 35.1 Å². The Morgan fingerprint density at radius 2 is 1.30 bits per heavy atom. The molecule has 5 atom stereocenters. The van der Waals surface area contributed by atoms with Crippen molar-refractivity contribution in [1.29, 1.82) is 0 Å². The third-order valence-electron chi connectivity index (χ3n) is 5.39. The van der Waals surface area contributed by atoms with E-state index in [4.69, 9.17) is 0 Å². The molecule has 1 heterocycles. The molecule has 0 aromatic rings. The number of hydrogen-bond acceptors (Lipinski definition) is 12. The van der Waals surface area contributed by atoms with Crippen LogP contribution < -0.4 is 0 Å². The van der Waals surface area contributed by atoms with Gasteiger partial charge in [0.15, 0.2) is 5.92 Å². The van der Waals surface area contributed by atoms with Crippen molar-refractivity contribution >= 4 is 42.1 Å². The van der Waals surface area contributed by atoms with Gasteiger partial charge in [-0.3, -0.25) is 4.79 Å². The Morgan fingerprint density at radius 3 is 1.58 bits per heavy atom. The highest BCUT2D eigenvalue weighted by Crippen LogP contribution is 2.36. The molecule has 43 heavy (non-hydrogen) atoms. The minimum Gasteiger partial charge on any atom is -0.748 e. The third kappa shape index (κ3) is 18.4. The molecule has 1 aliphatic carbocycles. The van der Waals surface area contributed by atoms with Crippen molar-refractivity contribution < 1.29 is 84.0 Å². The Balaban J connectivity index is -0.000000259. The monoisotopic (exact) mass is 706 g/mol. The zero-order chi connectivity index (χ0) is 31.9. The number of cyclic esters (lactones) is 1. The van der Waals surface area contributed by atoms with E-state index in [1.807, 2.05) is 0 Å². The summed E-state index contributed by atoms with van der Waals surface area (Å²) in [6.45, 7) is 0.410. The van der Waals surface area contributed by atoms with Crippen molar-refractivity contribution in [3.05, 3.63) is 22.3 Å². The number of ketones is 1. The Morgan fingerprint density at radius 1 is 0.860 bits per heavy atom. The van der Waals surface area contributed by atoms with Crippen LogP contribution in [0, 0.1) is 34.1 Å². The normalized spacial score (nSPS) is 23.6. The Hall–Kier alpha value is -2.01. The number of carbonyl (C=O) groups excluding carboxylic acids is 2. The zero-order valence-electron chi connectivity index (χ0n) is 23.3. The Labute approximate surface area is 247 Å². The fraction of sp³-hybridized carbons (Fsp3) is 0.762. The third-order valence-corrected chi connectivity index (χ3v) is 8.72. The second-order valence-corrected chi connectivity index (χ2v) is 13.3. The number of Topliss-reactive ketones (excluding diaryl/α,β-unsaturated/α-hetero) is 1. The molecule has 1 saturated heterocycles. The van der Waals surface area contributed by atoms with Crippen LogP contribution in [0.1, 0.15) is 45.4 Å². The summed E-state index contributed by atoms with van der Waals surface area (Å²) in [5, 5.41) is -3.56. The smallest absolute Gasteiger partial charge is 0.403 e. The molecule has 0 aromatic heterocycles. The van der Waals surface area contributed by atoms with Crippen molar-refractivity contribution in [2.75, 3.05) is 12.4 Å². The predicted molar refractivity (Wildman–Crippen MR) is 134 cm³/mol. The van der Waals surface area contributed by atoms with Gasteiger partial charge in [0.1, 0.15) is 22.1 Å². The van der Waals surface area contributed by atoms with Gasteiger partial charge < -0.3 is 23.2 Å². The van der Waals surface area contributed by atoms with Gasteiger partial charge in [-0.05, 0) is 26.2 Å². The van der Waals surface area contributed by atoms with Crippen LogP contribution in [-0.4, -0.2) is 92.0 Å². The van der Waals surface area contributed by atoms with E-state index in [1.165, 1.54) is 0 Å². The number of ether oxygens (including phenoxy) is 1. The van der Waals surface area contributed by atoms with E-state index in [2.05, 4.69) is 4.74 Å². The molecule has 0 amide bonds. The molecule has 1 aliphatic heterocycles. The number of hydrogen-bond donors (Lipinski definition) is 0. The van der Waals surface area contributed by atoms with Gasteiger partial charge in [-0.2, -0.15) is 26.3 Å². The van der Waals surface area contributed by atoms with Crippen LogP contribution >= 0.6 is 0 Å². The molecule has 0 radical (unpaired) electrons. The zero-order valence-corrected chi connectivity index (χ0v) is 25.8. The fourth-order valence-electron chi connectivity index (χ4n) is 3.58. The summed E-state index contributed by atoms with van der Waals surface area (Å²) in [5.74, 6) is -9.37. The number of carbonyl (C=O) groups is 2. The average molecular weight is 707 g/mol. The summed E-state index contributed by atoms with van der Waals surface area (Å²) >= 11 is 0. The van der Waals surface area contributed by atoms with Crippen molar-refractivity contribution in [2.45, 2.75) is 74.5 Å². The van der Waals surface area contributed by atoms with Crippen LogP contribution in [0.15, 0.2) is 0 Å². The lowest BCUT2D eigenvalue weighted by Crippen LogP contribution is -2.48. The average Bonchev–Trinajstić information content (AvgIpc) is 2.70. The largest absolute Gasteiger partial charge is 0.748 e. The van der Waals surface area contributed by atoms with Gasteiger partial charge in [-0.1, -0.05) is 12.8 Å². The van der Waals surface area contributed by atoms with E-state index in [0.29, 0.717) is 12.8 Å². The van der Waals surface area contributed by atoms with Gasteiger partial charge in [0.2, 0.25) is 0 Å². The molecular formula is C21H33F7O12S3. The molecule has 1 saturated carbocycles. The van der Waals surface area contributed by atoms with E-state index in [1.54, 1.807) is 0 Å². The van der Waals surface area contributed by atoms with Crippen LogP contribution in [0.5, 0.6) is 0 Å². The molecule has 0 spiro atoms. The first-order chi connectivity index (χ1) is 17.7. The maximum Gasteiger partial charge on any atom is 0.403 e. The summed E-state index contributed by atoms with van der Waals surface area (Å²) in [6.07, 6.45) is -11.2. The van der Waals surface area contributed by atoms with E-state index < -0.39 is 108 Å². The second kappa shape index (κ2) is 18.1. The molecule has 0 N–H and O–H groups in total. The van der Waals surface area contributed by atoms with Crippen molar-refractivity contribution in [3.63, 3.8) is 0 Å². The molecule has 2 rings (SSSR count). The van der Waals surface area contributed by atoms with Crippen molar-refractivity contribution in [1.82, 2.24) is 0 Å². The standard InChI is InChI=1S/C6H7F3O5S.C6H9F3O4S.C6H11FO3S.3CH3/c7-6(8,9)4-3(15(11,12)13)1-2-14-5(4)10;1-4(10)2-5(6(7,8)9)3-14(11,12)13;7-5-3-1-2-4-6(5)11(8,9)10;;;/h3-4H,1-2H2,(H,11,12,13);5H,2-3H2,1H3,(H,11,12,13);5-6H,1-4H2,(H,8,9,10);3*1H3/q;;;3*+1/p-3. The molecule has 2 aliphatic rings. The highest BCUT2D eigenvalue weighted by Gasteiger charge is 2.54. The van der Waals surface area contributed by atoms with Crippen LogP contribution in [-0.2, 0) is 44.7 Å². The SMILES string of the molecule is CC(=O)CC(CS(=O)(=O)[O-])C(F)(F)F.O=C1OCCC(S(=O)(=O)[O-])C1C(F)(F)F.O=S(=O)([O-])C1CCCCC1F.[CH3+].[CH3+].[CH3+]. The fourth-order valence-corrected chi connectivity index (χ4v) is 6.32. The van der Waals surface area contributed by atoms with E-state index in [0.717, 1.165) is 6.92 Å². The number of rotatable bonds is 6. The Bertz CT molecular complexity index is 1180. The minimum atomic E-state index is -5.16. The van der Waals surface area contributed by atoms with Crippen molar-refractivity contribution in [3.8, 4) is 0 Å². The lowest BCUT2D eigenvalue weighted by atomic mass is 9.98. The maximum absolute atomic E-state index is 12.8. The number of esters is 1. The topological polar surface area (TPSA) is 215 Å². The van der Waals surface area contributed by atoms with Crippen LogP contribution in [0.25, 0.3) is 0 Å². The van der Waals surface area contributed by atoms with Gasteiger partial charge in [0, 0.05) is 28.7 Å².